The van der Waals surface area contributed by atoms with Crippen molar-refractivity contribution >= 4 is 0 Å². The summed E-state index contributed by atoms with van der Waals surface area (Å²) in [7, 11) is 0. The second-order valence-electron chi connectivity index (χ2n) is 5.64. The lowest BCUT2D eigenvalue weighted by molar-refractivity contribution is -0.109. The summed E-state index contributed by atoms with van der Waals surface area (Å²) in [5, 5.41) is 0. The molecule has 2 nitrogen and oxygen atoms in total. The second kappa shape index (κ2) is 7.04. The molecule has 0 bridgehead atoms. The molecule has 0 aliphatic heterocycles. The number of rotatable bonds is 6. The van der Waals surface area contributed by atoms with Gasteiger partial charge < -0.3 is 4.74 Å². The van der Waals surface area contributed by atoms with Crippen LogP contribution in [-0.2, 0) is 10.3 Å². The van der Waals surface area contributed by atoms with Crippen molar-refractivity contribution in [2.45, 2.75) is 64.4 Å². The van der Waals surface area contributed by atoms with Crippen LogP contribution in [0.15, 0.2) is 24.4 Å². The molecule has 0 spiro atoms. The van der Waals surface area contributed by atoms with Crippen molar-refractivity contribution in [3.8, 4) is 0 Å². The Bertz CT molecular complexity index is 359. The van der Waals surface area contributed by atoms with Gasteiger partial charge in [-0.15, -0.1) is 0 Å². The predicted octanol–water partition coefficient (Wildman–Crippen LogP) is 4.69. The van der Waals surface area contributed by atoms with Gasteiger partial charge in [-0.05, 0) is 43.7 Å². The van der Waals surface area contributed by atoms with Crippen molar-refractivity contribution in [1.82, 2.24) is 4.98 Å². The summed E-state index contributed by atoms with van der Waals surface area (Å²) in [5.74, 6) is 0.632. The summed E-state index contributed by atoms with van der Waals surface area (Å²) >= 11 is 0. The van der Waals surface area contributed by atoms with Gasteiger partial charge in [0, 0.05) is 12.8 Å². The second-order valence-corrected chi connectivity index (χ2v) is 5.64. The van der Waals surface area contributed by atoms with Gasteiger partial charge in [0.15, 0.2) is 0 Å². The summed E-state index contributed by atoms with van der Waals surface area (Å²) in [6.07, 6.45) is 10.6. The topological polar surface area (TPSA) is 22.1 Å². The zero-order valence-corrected chi connectivity index (χ0v) is 12.4. The Balaban J connectivity index is 2.29. The Hall–Kier alpha value is -0.890. The fourth-order valence-corrected chi connectivity index (χ4v) is 3.44. The van der Waals surface area contributed by atoms with Crippen LogP contribution in [0.1, 0.15) is 64.5 Å². The van der Waals surface area contributed by atoms with Crippen molar-refractivity contribution in [3.63, 3.8) is 0 Å². The number of pyridine rings is 1. The van der Waals surface area contributed by atoms with E-state index in [2.05, 4.69) is 31.0 Å². The first-order valence-corrected chi connectivity index (χ1v) is 7.89. The highest BCUT2D eigenvalue weighted by Crippen LogP contribution is 2.43. The Morgan fingerprint density at radius 3 is 2.58 bits per heavy atom. The Morgan fingerprint density at radius 1 is 1.21 bits per heavy atom. The molecule has 1 aliphatic rings. The maximum absolute atomic E-state index is 6.39. The van der Waals surface area contributed by atoms with Crippen LogP contribution in [0, 0.1) is 5.92 Å². The molecule has 2 heteroatoms. The van der Waals surface area contributed by atoms with Gasteiger partial charge in [0.2, 0.25) is 0 Å². The van der Waals surface area contributed by atoms with Gasteiger partial charge in [0.05, 0.1) is 5.69 Å². The lowest BCUT2D eigenvalue weighted by Crippen LogP contribution is -2.40. The van der Waals surface area contributed by atoms with Gasteiger partial charge in [-0.2, -0.15) is 0 Å². The average molecular weight is 261 g/mol. The Labute approximate surface area is 117 Å². The van der Waals surface area contributed by atoms with Crippen molar-refractivity contribution in [1.29, 1.82) is 0 Å². The molecule has 1 aromatic heterocycles. The molecule has 1 aromatic rings. The van der Waals surface area contributed by atoms with Crippen LogP contribution in [0.5, 0.6) is 0 Å². The quantitative estimate of drug-likeness (QED) is 0.741. The number of hydrogen-bond acceptors (Lipinski definition) is 2. The van der Waals surface area contributed by atoms with E-state index >= 15 is 0 Å². The third kappa shape index (κ3) is 3.17. The minimum absolute atomic E-state index is 0.155. The minimum Gasteiger partial charge on any atom is -0.368 e. The average Bonchev–Trinajstić information content (AvgIpc) is 2.51. The molecule has 0 N–H and O–H groups in total. The molecule has 2 rings (SSSR count). The van der Waals surface area contributed by atoms with Crippen LogP contribution in [0.3, 0.4) is 0 Å². The van der Waals surface area contributed by atoms with Crippen LogP contribution in [0.2, 0.25) is 0 Å². The van der Waals surface area contributed by atoms with Crippen LogP contribution >= 0.6 is 0 Å². The van der Waals surface area contributed by atoms with E-state index < -0.39 is 0 Å². The van der Waals surface area contributed by atoms with Gasteiger partial charge in [-0.1, -0.05) is 39.2 Å². The molecule has 0 saturated heterocycles. The fraction of sp³-hybridized carbons (Fsp3) is 0.706. The molecule has 1 saturated carbocycles. The van der Waals surface area contributed by atoms with Gasteiger partial charge in [-0.3, -0.25) is 4.98 Å². The normalized spacial score (nSPS) is 20.1. The van der Waals surface area contributed by atoms with Crippen LogP contribution in [0.25, 0.3) is 0 Å². The third-order valence-corrected chi connectivity index (χ3v) is 4.45. The zero-order chi connectivity index (χ0) is 13.6. The van der Waals surface area contributed by atoms with E-state index in [4.69, 9.17) is 4.74 Å². The summed E-state index contributed by atoms with van der Waals surface area (Å²) < 4.78 is 6.39. The van der Waals surface area contributed by atoms with Gasteiger partial charge >= 0.3 is 0 Å². The minimum atomic E-state index is -0.155. The molecular weight excluding hydrogens is 234 g/mol. The standard InChI is InChI=1S/C17H27NO/c1-3-14-19-17(4-2,15-10-6-5-7-11-15)16-12-8-9-13-18-16/h8-9,12-13,15H,3-7,10-11,14H2,1-2H3. The van der Waals surface area contributed by atoms with E-state index in [1.54, 1.807) is 0 Å². The molecule has 19 heavy (non-hydrogen) atoms. The molecule has 1 atom stereocenters. The molecule has 1 aliphatic carbocycles. The van der Waals surface area contributed by atoms with Crippen LogP contribution < -0.4 is 0 Å². The predicted molar refractivity (Wildman–Crippen MR) is 79.0 cm³/mol. The van der Waals surface area contributed by atoms with Gasteiger partial charge in [-0.25, -0.2) is 0 Å². The highest BCUT2D eigenvalue weighted by Gasteiger charge is 2.41. The van der Waals surface area contributed by atoms with E-state index in [1.807, 2.05) is 12.3 Å². The summed E-state index contributed by atoms with van der Waals surface area (Å²) in [5.41, 5.74) is 0.982. The summed E-state index contributed by atoms with van der Waals surface area (Å²) in [6.45, 7) is 5.26. The molecule has 1 fully saturated rings. The Kier molecular flexibility index (Phi) is 5.38. The molecule has 1 unspecified atom stereocenters. The van der Waals surface area contributed by atoms with Crippen molar-refractivity contribution in [2.75, 3.05) is 6.61 Å². The maximum Gasteiger partial charge on any atom is 0.112 e. The van der Waals surface area contributed by atoms with Gasteiger partial charge in [0.25, 0.3) is 0 Å². The molecule has 0 amide bonds. The first kappa shape index (κ1) is 14.5. The fourth-order valence-electron chi connectivity index (χ4n) is 3.44. The van der Waals surface area contributed by atoms with Gasteiger partial charge in [0.1, 0.15) is 5.60 Å². The summed E-state index contributed by atoms with van der Waals surface area (Å²) in [6, 6.07) is 6.23. The first-order chi connectivity index (χ1) is 9.33. The van der Waals surface area contributed by atoms with E-state index in [0.29, 0.717) is 5.92 Å². The smallest absolute Gasteiger partial charge is 0.112 e. The lowest BCUT2D eigenvalue weighted by Gasteiger charge is -2.41. The Morgan fingerprint density at radius 2 is 2.00 bits per heavy atom. The van der Waals surface area contributed by atoms with E-state index in [1.165, 1.54) is 32.1 Å². The highest BCUT2D eigenvalue weighted by molar-refractivity contribution is 5.15. The van der Waals surface area contributed by atoms with Crippen molar-refractivity contribution in [2.24, 2.45) is 5.92 Å². The SMILES string of the molecule is CCCOC(CC)(c1ccccn1)C1CCCCC1. The molecule has 0 aromatic carbocycles. The molecule has 0 radical (unpaired) electrons. The largest absolute Gasteiger partial charge is 0.368 e. The monoisotopic (exact) mass is 261 g/mol. The number of hydrogen-bond donors (Lipinski definition) is 0. The van der Waals surface area contributed by atoms with Crippen LogP contribution in [0.4, 0.5) is 0 Å². The molecule has 1 heterocycles. The van der Waals surface area contributed by atoms with E-state index in [0.717, 1.165) is 25.1 Å². The van der Waals surface area contributed by atoms with Crippen molar-refractivity contribution < 1.29 is 4.74 Å². The highest BCUT2D eigenvalue weighted by atomic mass is 16.5. The number of nitrogens with zero attached hydrogens (tertiary/aromatic N) is 1. The van der Waals surface area contributed by atoms with Crippen molar-refractivity contribution in [3.05, 3.63) is 30.1 Å². The van der Waals surface area contributed by atoms with E-state index in [-0.39, 0.29) is 5.60 Å². The van der Waals surface area contributed by atoms with Crippen LogP contribution in [-0.4, -0.2) is 11.6 Å². The number of aromatic nitrogens is 1. The van der Waals surface area contributed by atoms with E-state index in [9.17, 15) is 0 Å². The number of ether oxygens (including phenoxy) is 1. The third-order valence-electron chi connectivity index (χ3n) is 4.45. The first-order valence-electron chi connectivity index (χ1n) is 7.89. The molecular formula is C17H27NO. The summed E-state index contributed by atoms with van der Waals surface area (Å²) in [4.78, 5) is 4.63. The molecule has 106 valence electrons. The zero-order valence-electron chi connectivity index (χ0n) is 12.4. The maximum atomic E-state index is 6.39. The lowest BCUT2D eigenvalue weighted by atomic mass is 9.73.